The summed E-state index contributed by atoms with van der Waals surface area (Å²) in [6.07, 6.45) is 1.51. The van der Waals surface area contributed by atoms with Gasteiger partial charge in [0.15, 0.2) is 0 Å². The molecule has 1 aromatic heterocycles. The Morgan fingerprint density at radius 3 is 2.68 bits per heavy atom. The number of nitrogens with zero attached hydrogens (tertiary/aromatic N) is 2. The zero-order valence-electron chi connectivity index (χ0n) is 12.0. The van der Waals surface area contributed by atoms with Crippen LogP contribution in [0.15, 0.2) is 0 Å². The number of nitrogens with two attached hydrogens (primary N) is 1. The lowest BCUT2D eigenvalue weighted by Crippen LogP contribution is -2.30. The molecule has 0 bridgehead atoms. The van der Waals surface area contributed by atoms with Crippen LogP contribution in [0, 0.1) is 0 Å². The zero-order valence-corrected chi connectivity index (χ0v) is 12.7. The van der Waals surface area contributed by atoms with Gasteiger partial charge >= 0.3 is 0 Å². The fourth-order valence-electron chi connectivity index (χ4n) is 1.90. The van der Waals surface area contributed by atoms with E-state index in [-0.39, 0.29) is 6.04 Å². The van der Waals surface area contributed by atoms with Crippen molar-refractivity contribution < 1.29 is 9.47 Å². The monoisotopic (exact) mass is 289 g/mol. The Hall–Kier alpha value is -0.620. The largest absolute Gasteiger partial charge is 0.382 e. The number of aryl methyl sites for hydroxylation is 2. The van der Waals surface area contributed by atoms with Crippen LogP contribution < -0.4 is 5.73 Å². The number of rotatable bonds is 9. The molecule has 1 atom stereocenters. The average Bonchev–Trinajstić information content (AvgIpc) is 2.71. The fraction of sp³-hybridized carbons (Fsp3) is 0.769. The minimum absolute atomic E-state index is 0.0823. The summed E-state index contributed by atoms with van der Waals surface area (Å²) in [5.41, 5.74) is 8.01. The Morgan fingerprint density at radius 1 is 1.37 bits per heavy atom. The summed E-state index contributed by atoms with van der Waals surface area (Å²) in [5, 5.41) is 5.22. The summed E-state index contributed by atoms with van der Waals surface area (Å²) in [6, 6.07) is -0.0823. The molecule has 5 nitrogen and oxygen atoms in total. The standard InChI is InChI=1S/C13H24ClN3O2/c1-4-11-13(14)12(17(5-2)16-11)8-10(15)9-19-7-6-18-3/h10H,4-9,15H2,1-3H3. The maximum absolute atomic E-state index is 6.34. The Morgan fingerprint density at radius 2 is 2.11 bits per heavy atom. The van der Waals surface area contributed by atoms with Gasteiger partial charge in [-0.3, -0.25) is 4.68 Å². The molecule has 0 saturated heterocycles. The summed E-state index contributed by atoms with van der Waals surface area (Å²) in [4.78, 5) is 0. The number of methoxy groups -OCH3 is 1. The molecule has 6 heteroatoms. The normalized spacial score (nSPS) is 12.9. The van der Waals surface area contributed by atoms with E-state index in [2.05, 4.69) is 5.10 Å². The first kappa shape index (κ1) is 16.4. The van der Waals surface area contributed by atoms with Crippen LogP contribution >= 0.6 is 11.6 Å². The van der Waals surface area contributed by atoms with Gasteiger partial charge in [-0.1, -0.05) is 18.5 Å². The third-order valence-corrected chi connectivity index (χ3v) is 3.35. The van der Waals surface area contributed by atoms with E-state index in [1.807, 2.05) is 18.5 Å². The number of ether oxygens (including phenoxy) is 2. The SMILES string of the molecule is CCc1nn(CC)c(CC(N)COCCOC)c1Cl. The van der Waals surface area contributed by atoms with E-state index in [0.29, 0.717) is 26.2 Å². The smallest absolute Gasteiger partial charge is 0.0850 e. The molecule has 0 amide bonds. The molecule has 0 fully saturated rings. The van der Waals surface area contributed by atoms with Gasteiger partial charge in [0, 0.05) is 26.1 Å². The Balaban J connectivity index is 2.57. The first-order chi connectivity index (χ1) is 9.13. The van der Waals surface area contributed by atoms with E-state index in [1.54, 1.807) is 7.11 Å². The molecule has 19 heavy (non-hydrogen) atoms. The maximum atomic E-state index is 6.34. The summed E-state index contributed by atoms with van der Waals surface area (Å²) >= 11 is 6.34. The van der Waals surface area contributed by atoms with Crippen LogP contribution in [0.4, 0.5) is 0 Å². The molecule has 0 saturated carbocycles. The second-order valence-corrected chi connectivity index (χ2v) is 4.79. The predicted octanol–water partition coefficient (Wildman–Crippen LogP) is 1.65. The molecule has 0 aliphatic rings. The van der Waals surface area contributed by atoms with Gasteiger partial charge in [0.2, 0.25) is 0 Å². The van der Waals surface area contributed by atoms with Gasteiger partial charge < -0.3 is 15.2 Å². The molecule has 1 heterocycles. The van der Waals surface area contributed by atoms with Crippen LogP contribution in [0.3, 0.4) is 0 Å². The van der Waals surface area contributed by atoms with Crippen molar-refractivity contribution in [2.45, 2.75) is 39.3 Å². The minimum Gasteiger partial charge on any atom is -0.382 e. The van der Waals surface area contributed by atoms with Crippen LogP contribution in [0.25, 0.3) is 0 Å². The van der Waals surface area contributed by atoms with Crippen molar-refractivity contribution >= 4 is 11.6 Å². The molecule has 110 valence electrons. The molecule has 2 N–H and O–H groups in total. The molecule has 0 aliphatic heterocycles. The van der Waals surface area contributed by atoms with Crippen molar-refractivity contribution in [3.05, 3.63) is 16.4 Å². The molecule has 0 spiro atoms. The molecule has 0 radical (unpaired) electrons. The summed E-state index contributed by atoms with van der Waals surface area (Å²) in [7, 11) is 1.65. The van der Waals surface area contributed by atoms with Crippen LogP contribution in [-0.4, -0.2) is 42.8 Å². The number of halogens is 1. The summed E-state index contributed by atoms with van der Waals surface area (Å²) in [5.74, 6) is 0. The van der Waals surface area contributed by atoms with Gasteiger partial charge in [-0.2, -0.15) is 5.10 Å². The molecular weight excluding hydrogens is 266 g/mol. The van der Waals surface area contributed by atoms with E-state index >= 15 is 0 Å². The van der Waals surface area contributed by atoms with Crippen LogP contribution in [0.2, 0.25) is 5.02 Å². The zero-order chi connectivity index (χ0) is 14.3. The van der Waals surface area contributed by atoms with Crippen LogP contribution in [-0.2, 0) is 28.9 Å². The van der Waals surface area contributed by atoms with Gasteiger partial charge in [-0.25, -0.2) is 0 Å². The summed E-state index contributed by atoms with van der Waals surface area (Å²) in [6.45, 7) is 6.53. The van der Waals surface area contributed by atoms with Gasteiger partial charge in [0.25, 0.3) is 0 Å². The van der Waals surface area contributed by atoms with E-state index in [1.165, 1.54) is 0 Å². The maximum Gasteiger partial charge on any atom is 0.0850 e. The quantitative estimate of drug-likeness (QED) is 0.702. The van der Waals surface area contributed by atoms with Gasteiger partial charge in [-0.15, -0.1) is 0 Å². The second kappa shape index (κ2) is 8.53. The summed E-state index contributed by atoms with van der Waals surface area (Å²) < 4.78 is 12.3. The highest BCUT2D eigenvalue weighted by Crippen LogP contribution is 2.22. The van der Waals surface area contributed by atoms with Crippen molar-refractivity contribution in [3.63, 3.8) is 0 Å². The van der Waals surface area contributed by atoms with Crippen molar-refractivity contribution in [1.29, 1.82) is 0 Å². The van der Waals surface area contributed by atoms with Gasteiger partial charge in [0.05, 0.1) is 36.2 Å². The highest BCUT2D eigenvalue weighted by Gasteiger charge is 2.17. The van der Waals surface area contributed by atoms with Gasteiger partial charge in [0.1, 0.15) is 0 Å². The van der Waals surface area contributed by atoms with E-state index in [0.717, 1.165) is 29.4 Å². The molecule has 0 aliphatic carbocycles. The second-order valence-electron chi connectivity index (χ2n) is 4.41. The van der Waals surface area contributed by atoms with E-state index in [4.69, 9.17) is 26.8 Å². The minimum atomic E-state index is -0.0823. The highest BCUT2D eigenvalue weighted by molar-refractivity contribution is 6.31. The lowest BCUT2D eigenvalue weighted by molar-refractivity contribution is 0.0635. The fourth-order valence-corrected chi connectivity index (χ4v) is 2.24. The Labute approximate surface area is 120 Å². The Kier molecular flexibility index (Phi) is 7.38. The third-order valence-electron chi connectivity index (χ3n) is 2.91. The lowest BCUT2D eigenvalue weighted by Gasteiger charge is -2.13. The molecule has 0 aromatic carbocycles. The molecule has 1 rings (SSSR count). The van der Waals surface area contributed by atoms with Crippen LogP contribution in [0.1, 0.15) is 25.2 Å². The van der Waals surface area contributed by atoms with E-state index in [9.17, 15) is 0 Å². The molecular formula is C13H24ClN3O2. The average molecular weight is 290 g/mol. The molecule has 1 unspecified atom stereocenters. The lowest BCUT2D eigenvalue weighted by atomic mass is 10.1. The number of aromatic nitrogens is 2. The predicted molar refractivity (Wildman–Crippen MR) is 76.7 cm³/mol. The van der Waals surface area contributed by atoms with E-state index < -0.39 is 0 Å². The first-order valence-electron chi connectivity index (χ1n) is 6.70. The Bertz CT molecular complexity index is 382. The van der Waals surface area contributed by atoms with Crippen LogP contribution in [0.5, 0.6) is 0 Å². The number of hydrogen-bond acceptors (Lipinski definition) is 4. The topological polar surface area (TPSA) is 62.3 Å². The highest BCUT2D eigenvalue weighted by atomic mass is 35.5. The first-order valence-corrected chi connectivity index (χ1v) is 7.08. The van der Waals surface area contributed by atoms with Crippen molar-refractivity contribution in [2.24, 2.45) is 5.73 Å². The number of hydrogen-bond donors (Lipinski definition) is 1. The van der Waals surface area contributed by atoms with Gasteiger partial charge in [-0.05, 0) is 13.3 Å². The van der Waals surface area contributed by atoms with Crippen molar-refractivity contribution in [2.75, 3.05) is 26.9 Å². The van der Waals surface area contributed by atoms with Crippen molar-refractivity contribution in [1.82, 2.24) is 9.78 Å². The molecule has 1 aromatic rings. The third kappa shape index (κ3) is 4.76. The van der Waals surface area contributed by atoms with Crippen molar-refractivity contribution in [3.8, 4) is 0 Å².